The number of sulfone groups is 1. The number of nitrogens with zero attached hydrogens (tertiary/aromatic N) is 4. The molecule has 1 saturated heterocycles. The largest absolute Gasteiger partial charge is 0.338 e. The molecule has 0 spiro atoms. The predicted octanol–water partition coefficient (Wildman–Crippen LogP) is 0.491. The van der Waals surface area contributed by atoms with E-state index in [0.717, 1.165) is 32.7 Å². The van der Waals surface area contributed by atoms with Gasteiger partial charge in [0.15, 0.2) is 5.82 Å². The van der Waals surface area contributed by atoms with E-state index in [9.17, 15) is 8.42 Å². The summed E-state index contributed by atoms with van der Waals surface area (Å²) >= 11 is 0. The molecule has 1 fully saturated rings. The lowest BCUT2D eigenvalue weighted by Gasteiger charge is -2.36. The first kappa shape index (κ1) is 16.4. The monoisotopic (exact) mass is 316 g/mol. The van der Waals surface area contributed by atoms with Gasteiger partial charge in [-0.05, 0) is 26.8 Å². The van der Waals surface area contributed by atoms with Gasteiger partial charge < -0.3 is 9.42 Å². The van der Waals surface area contributed by atoms with E-state index in [1.54, 1.807) is 0 Å². The van der Waals surface area contributed by atoms with Crippen molar-refractivity contribution in [3.05, 3.63) is 11.7 Å². The Kier molecular flexibility index (Phi) is 5.34. The first-order valence-corrected chi connectivity index (χ1v) is 9.35. The lowest BCUT2D eigenvalue weighted by Crippen LogP contribution is -2.47. The molecule has 7 nitrogen and oxygen atoms in total. The summed E-state index contributed by atoms with van der Waals surface area (Å²) < 4.78 is 27.5. The highest BCUT2D eigenvalue weighted by atomic mass is 32.2. The van der Waals surface area contributed by atoms with Crippen LogP contribution >= 0.6 is 0 Å². The Morgan fingerprint density at radius 3 is 2.48 bits per heavy atom. The zero-order valence-electron chi connectivity index (χ0n) is 12.9. The number of aromatic nitrogens is 2. The van der Waals surface area contributed by atoms with Gasteiger partial charge in [-0.2, -0.15) is 4.98 Å². The fraction of sp³-hybridized carbons (Fsp3) is 0.846. The van der Waals surface area contributed by atoms with E-state index in [2.05, 4.69) is 26.9 Å². The summed E-state index contributed by atoms with van der Waals surface area (Å²) in [6.07, 6.45) is 2.00. The van der Waals surface area contributed by atoms with Crippen LogP contribution in [-0.4, -0.2) is 73.1 Å². The zero-order chi connectivity index (χ0) is 15.5. The van der Waals surface area contributed by atoms with E-state index in [-0.39, 0.29) is 11.8 Å². The molecular weight excluding hydrogens is 292 g/mol. The Bertz CT molecular complexity index is 550. The number of hydrogen-bond donors (Lipinski definition) is 0. The van der Waals surface area contributed by atoms with E-state index in [1.807, 2.05) is 6.92 Å². The molecular formula is C13H24N4O3S. The summed E-state index contributed by atoms with van der Waals surface area (Å²) in [4.78, 5) is 8.91. The van der Waals surface area contributed by atoms with E-state index < -0.39 is 9.84 Å². The number of rotatable bonds is 6. The second-order valence-corrected chi connectivity index (χ2v) is 7.98. The average Bonchev–Trinajstić information content (AvgIpc) is 2.84. The highest BCUT2D eigenvalue weighted by Crippen LogP contribution is 2.19. The molecule has 0 amide bonds. The van der Waals surface area contributed by atoms with E-state index in [1.165, 1.54) is 6.26 Å². The summed E-state index contributed by atoms with van der Waals surface area (Å²) in [5, 5.41) is 3.83. The smallest absolute Gasteiger partial charge is 0.243 e. The van der Waals surface area contributed by atoms with Crippen LogP contribution in [0.25, 0.3) is 0 Å². The molecule has 2 heterocycles. The summed E-state index contributed by atoms with van der Waals surface area (Å²) in [6, 6.07) is 0.129. The number of aryl methyl sites for hydroxylation is 1. The summed E-state index contributed by atoms with van der Waals surface area (Å²) in [6.45, 7) is 8.49. The van der Waals surface area contributed by atoms with Gasteiger partial charge in [0.2, 0.25) is 5.89 Å². The van der Waals surface area contributed by atoms with Crippen LogP contribution < -0.4 is 0 Å². The summed E-state index contributed by atoms with van der Waals surface area (Å²) in [5.41, 5.74) is 0. The second-order valence-electron chi connectivity index (χ2n) is 5.72. The quantitative estimate of drug-likeness (QED) is 0.755. The Hall–Kier alpha value is -0.990. The minimum Gasteiger partial charge on any atom is -0.338 e. The summed E-state index contributed by atoms with van der Waals surface area (Å²) in [5.74, 6) is 1.60. The normalized spacial score (nSPS) is 19.8. The van der Waals surface area contributed by atoms with Crippen molar-refractivity contribution in [1.29, 1.82) is 0 Å². The van der Waals surface area contributed by atoms with Crippen LogP contribution in [0.4, 0.5) is 0 Å². The molecule has 0 unspecified atom stereocenters. The van der Waals surface area contributed by atoms with E-state index >= 15 is 0 Å². The fourth-order valence-corrected chi connectivity index (χ4v) is 3.22. The molecule has 1 aliphatic rings. The molecule has 0 saturated carbocycles. The molecule has 1 atom stereocenters. The molecule has 0 N–H and O–H groups in total. The Balaban J connectivity index is 1.75. The molecule has 0 aromatic carbocycles. The van der Waals surface area contributed by atoms with Crippen molar-refractivity contribution in [2.24, 2.45) is 0 Å². The third-order valence-electron chi connectivity index (χ3n) is 3.84. The third-order valence-corrected chi connectivity index (χ3v) is 4.88. The van der Waals surface area contributed by atoms with Gasteiger partial charge in [-0.1, -0.05) is 5.16 Å². The lowest BCUT2D eigenvalue weighted by molar-refractivity contribution is 0.0885. The Labute approximate surface area is 126 Å². The van der Waals surface area contributed by atoms with Gasteiger partial charge in [0.1, 0.15) is 9.84 Å². The van der Waals surface area contributed by atoms with Gasteiger partial charge in [-0.15, -0.1) is 0 Å². The molecule has 0 aliphatic carbocycles. The van der Waals surface area contributed by atoms with Crippen LogP contribution in [-0.2, 0) is 9.84 Å². The van der Waals surface area contributed by atoms with Gasteiger partial charge in [0.25, 0.3) is 0 Å². The third kappa shape index (κ3) is 5.05. The van der Waals surface area contributed by atoms with Crippen molar-refractivity contribution in [3.8, 4) is 0 Å². The van der Waals surface area contributed by atoms with Gasteiger partial charge in [0, 0.05) is 32.4 Å². The van der Waals surface area contributed by atoms with Crippen molar-refractivity contribution in [2.45, 2.75) is 26.3 Å². The van der Waals surface area contributed by atoms with Gasteiger partial charge in [0.05, 0.1) is 11.8 Å². The Morgan fingerprint density at radius 2 is 1.95 bits per heavy atom. The van der Waals surface area contributed by atoms with Crippen molar-refractivity contribution in [2.75, 3.05) is 44.7 Å². The fourth-order valence-electron chi connectivity index (χ4n) is 2.56. The molecule has 0 radical (unpaired) electrons. The maximum absolute atomic E-state index is 11.1. The molecule has 1 aliphatic heterocycles. The second kappa shape index (κ2) is 6.85. The molecule has 2 rings (SSSR count). The van der Waals surface area contributed by atoms with Crippen molar-refractivity contribution in [3.63, 3.8) is 0 Å². The zero-order valence-corrected chi connectivity index (χ0v) is 13.8. The molecule has 8 heteroatoms. The van der Waals surface area contributed by atoms with Crippen LogP contribution in [0.1, 0.15) is 31.1 Å². The molecule has 21 heavy (non-hydrogen) atoms. The minimum atomic E-state index is -2.85. The van der Waals surface area contributed by atoms with E-state index in [4.69, 9.17) is 4.52 Å². The standard InChI is InChI=1S/C13H24N4O3S/c1-11(13-14-12(2)15-20-13)17-8-6-16(7-9-17)5-4-10-21(3,18)19/h11H,4-10H2,1-3H3/t11-/m0/s1. The molecule has 1 aromatic rings. The highest BCUT2D eigenvalue weighted by Gasteiger charge is 2.25. The van der Waals surface area contributed by atoms with Crippen LogP contribution in [0.15, 0.2) is 4.52 Å². The SMILES string of the molecule is Cc1noc([C@H](C)N2CCN(CCCS(C)(=O)=O)CC2)n1. The predicted molar refractivity (Wildman–Crippen MR) is 79.8 cm³/mol. The van der Waals surface area contributed by atoms with Crippen LogP contribution in [0.3, 0.4) is 0 Å². The summed E-state index contributed by atoms with van der Waals surface area (Å²) in [7, 11) is -2.85. The first-order chi connectivity index (χ1) is 9.85. The molecule has 120 valence electrons. The lowest BCUT2D eigenvalue weighted by atomic mass is 10.2. The van der Waals surface area contributed by atoms with Gasteiger partial charge in [-0.25, -0.2) is 8.42 Å². The van der Waals surface area contributed by atoms with E-state index in [0.29, 0.717) is 18.1 Å². The molecule has 0 bridgehead atoms. The van der Waals surface area contributed by atoms with Crippen LogP contribution in [0.5, 0.6) is 0 Å². The maximum atomic E-state index is 11.1. The average molecular weight is 316 g/mol. The van der Waals surface area contributed by atoms with Gasteiger partial charge >= 0.3 is 0 Å². The topological polar surface area (TPSA) is 79.5 Å². The number of hydrogen-bond acceptors (Lipinski definition) is 7. The maximum Gasteiger partial charge on any atom is 0.243 e. The van der Waals surface area contributed by atoms with Crippen molar-refractivity contribution < 1.29 is 12.9 Å². The molecule has 1 aromatic heterocycles. The Morgan fingerprint density at radius 1 is 1.29 bits per heavy atom. The van der Waals surface area contributed by atoms with Crippen LogP contribution in [0, 0.1) is 6.92 Å². The van der Waals surface area contributed by atoms with Crippen LogP contribution in [0.2, 0.25) is 0 Å². The van der Waals surface area contributed by atoms with Crippen molar-refractivity contribution in [1.82, 2.24) is 19.9 Å². The van der Waals surface area contributed by atoms with Crippen molar-refractivity contribution >= 4 is 9.84 Å². The highest BCUT2D eigenvalue weighted by molar-refractivity contribution is 7.90. The number of piperazine rings is 1. The first-order valence-electron chi connectivity index (χ1n) is 7.29. The van der Waals surface area contributed by atoms with Gasteiger partial charge in [-0.3, -0.25) is 4.90 Å². The minimum absolute atomic E-state index is 0.129.